The summed E-state index contributed by atoms with van der Waals surface area (Å²) in [7, 11) is 0. The Kier molecular flexibility index (Phi) is 3.52. The van der Waals surface area contributed by atoms with Gasteiger partial charge in [0.2, 0.25) is 11.8 Å². The van der Waals surface area contributed by atoms with E-state index in [1.807, 2.05) is 6.92 Å². The van der Waals surface area contributed by atoms with E-state index in [0.717, 1.165) is 0 Å². The minimum absolute atomic E-state index is 0.0705. The average molecular weight is 194 g/mol. The first-order chi connectivity index (χ1) is 6.67. The van der Waals surface area contributed by atoms with Crippen molar-refractivity contribution < 1.29 is 9.59 Å². The normalized spacial score (nSPS) is 22.3. The van der Waals surface area contributed by atoms with Crippen molar-refractivity contribution >= 4 is 11.8 Å². The molecule has 1 aliphatic heterocycles. The van der Waals surface area contributed by atoms with E-state index in [1.54, 1.807) is 0 Å². The zero-order valence-corrected chi connectivity index (χ0v) is 8.17. The van der Waals surface area contributed by atoms with E-state index < -0.39 is 6.04 Å². The van der Waals surface area contributed by atoms with Crippen molar-refractivity contribution in [2.45, 2.75) is 38.3 Å². The van der Waals surface area contributed by atoms with Gasteiger partial charge in [0.25, 0.3) is 0 Å². The third kappa shape index (κ3) is 2.49. The second-order valence-corrected chi connectivity index (χ2v) is 3.29. The van der Waals surface area contributed by atoms with E-state index in [4.69, 9.17) is 6.42 Å². The molecule has 0 aromatic heterocycles. The van der Waals surface area contributed by atoms with Crippen molar-refractivity contribution in [1.29, 1.82) is 0 Å². The molecule has 1 heterocycles. The van der Waals surface area contributed by atoms with Crippen molar-refractivity contribution in [2.75, 3.05) is 0 Å². The highest BCUT2D eigenvalue weighted by atomic mass is 16.2. The van der Waals surface area contributed by atoms with Crippen LogP contribution in [0.25, 0.3) is 0 Å². The number of hydrogen-bond acceptors (Lipinski definition) is 2. The second kappa shape index (κ2) is 4.66. The second-order valence-electron chi connectivity index (χ2n) is 3.29. The minimum Gasteiger partial charge on any atom is -0.344 e. The van der Waals surface area contributed by atoms with E-state index >= 15 is 0 Å². The molecule has 0 aromatic rings. The van der Waals surface area contributed by atoms with Gasteiger partial charge in [0, 0.05) is 6.42 Å². The summed E-state index contributed by atoms with van der Waals surface area (Å²) in [5, 5.41) is 5.28. The average Bonchev–Trinajstić information content (AvgIpc) is 2.61. The number of nitrogens with one attached hydrogen (secondary N) is 2. The maximum atomic E-state index is 11.5. The Hall–Kier alpha value is -1.50. The molecule has 76 valence electrons. The van der Waals surface area contributed by atoms with Crippen molar-refractivity contribution in [3.05, 3.63) is 0 Å². The summed E-state index contributed by atoms with van der Waals surface area (Å²) in [5.41, 5.74) is 0. The summed E-state index contributed by atoms with van der Waals surface area (Å²) >= 11 is 0. The van der Waals surface area contributed by atoms with Gasteiger partial charge in [-0.15, -0.1) is 6.42 Å². The summed E-state index contributed by atoms with van der Waals surface area (Å²) in [5.74, 6) is 2.22. The quantitative estimate of drug-likeness (QED) is 0.611. The Bertz CT molecular complexity index is 280. The van der Waals surface area contributed by atoms with Crippen LogP contribution in [-0.4, -0.2) is 23.9 Å². The number of carbonyl (C=O) groups excluding carboxylic acids is 2. The van der Waals surface area contributed by atoms with Crippen molar-refractivity contribution in [3.8, 4) is 12.3 Å². The van der Waals surface area contributed by atoms with Gasteiger partial charge in [-0.1, -0.05) is 12.8 Å². The SMILES string of the molecule is C#CC(CC)NC(=O)[C@H]1CCC(=O)N1. The predicted octanol–water partition coefficient (Wildman–Crippen LogP) is -0.207. The lowest BCUT2D eigenvalue weighted by Crippen LogP contribution is -2.45. The highest BCUT2D eigenvalue weighted by Gasteiger charge is 2.27. The molecule has 14 heavy (non-hydrogen) atoms. The van der Waals surface area contributed by atoms with Gasteiger partial charge >= 0.3 is 0 Å². The molecule has 4 heteroatoms. The van der Waals surface area contributed by atoms with Crippen LogP contribution < -0.4 is 10.6 Å². The van der Waals surface area contributed by atoms with Gasteiger partial charge in [-0.2, -0.15) is 0 Å². The van der Waals surface area contributed by atoms with E-state index in [2.05, 4.69) is 16.6 Å². The molecule has 0 aromatic carbocycles. The zero-order chi connectivity index (χ0) is 10.6. The van der Waals surface area contributed by atoms with Gasteiger partial charge in [-0.3, -0.25) is 9.59 Å². The summed E-state index contributed by atoms with van der Waals surface area (Å²) in [6, 6.07) is -0.634. The Morgan fingerprint density at radius 2 is 2.57 bits per heavy atom. The van der Waals surface area contributed by atoms with E-state index in [1.165, 1.54) is 0 Å². The monoisotopic (exact) mass is 194 g/mol. The smallest absolute Gasteiger partial charge is 0.243 e. The fourth-order valence-electron chi connectivity index (χ4n) is 1.34. The Morgan fingerprint density at radius 1 is 1.86 bits per heavy atom. The molecule has 2 N–H and O–H groups in total. The van der Waals surface area contributed by atoms with Crippen LogP contribution in [0.4, 0.5) is 0 Å². The first-order valence-electron chi connectivity index (χ1n) is 4.73. The molecule has 1 rings (SSSR count). The van der Waals surface area contributed by atoms with Crippen LogP contribution in [-0.2, 0) is 9.59 Å². The van der Waals surface area contributed by atoms with Crippen LogP contribution in [0.2, 0.25) is 0 Å². The minimum atomic E-state index is -0.398. The molecule has 1 saturated heterocycles. The fourth-order valence-corrected chi connectivity index (χ4v) is 1.34. The first-order valence-corrected chi connectivity index (χ1v) is 4.73. The van der Waals surface area contributed by atoms with Gasteiger partial charge in [0.15, 0.2) is 0 Å². The molecule has 2 atom stereocenters. The highest BCUT2D eigenvalue weighted by Crippen LogP contribution is 2.06. The third-order valence-corrected chi connectivity index (χ3v) is 2.24. The summed E-state index contributed by atoms with van der Waals surface area (Å²) in [6.07, 6.45) is 6.89. The highest BCUT2D eigenvalue weighted by molar-refractivity contribution is 5.91. The molecule has 0 bridgehead atoms. The van der Waals surface area contributed by atoms with E-state index in [-0.39, 0.29) is 17.9 Å². The number of hydrogen-bond donors (Lipinski definition) is 2. The Labute approximate surface area is 83.4 Å². The molecule has 1 aliphatic rings. The van der Waals surface area contributed by atoms with Crippen LogP contribution in [0.3, 0.4) is 0 Å². The molecule has 0 aliphatic carbocycles. The lowest BCUT2D eigenvalue weighted by molar-refractivity contribution is -0.126. The molecule has 0 radical (unpaired) electrons. The van der Waals surface area contributed by atoms with Crippen LogP contribution in [0.15, 0.2) is 0 Å². The molecule has 2 amide bonds. The van der Waals surface area contributed by atoms with Crippen molar-refractivity contribution in [3.63, 3.8) is 0 Å². The zero-order valence-electron chi connectivity index (χ0n) is 8.17. The van der Waals surface area contributed by atoms with Gasteiger partial charge in [0.1, 0.15) is 6.04 Å². The Morgan fingerprint density at radius 3 is 3.00 bits per heavy atom. The molecule has 0 spiro atoms. The summed E-state index contributed by atoms with van der Waals surface area (Å²) in [6.45, 7) is 1.90. The van der Waals surface area contributed by atoms with E-state index in [0.29, 0.717) is 19.3 Å². The van der Waals surface area contributed by atoms with Gasteiger partial charge < -0.3 is 10.6 Å². The number of amides is 2. The van der Waals surface area contributed by atoms with Crippen LogP contribution in [0.1, 0.15) is 26.2 Å². The molecule has 1 fully saturated rings. The molecule has 0 saturated carbocycles. The maximum Gasteiger partial charge on any atom is 0.243 e. The Balaban J connectivity index is 2.43. The molecule has 4 nitrogen and oxygen atoms in total. The van der Waals surface area contributed by atoms with Gasteiger partial charge in [-0.25, -0.2) is 0 Å². The molecular weight excluding hydrogens is 180 g/mol. The molecular formula is C10H14N2O2. The summed E-state index contributed by atoms with van der Waals surface area (Å²) < 4.78 is 0. The topological polar surface area (TPSA) is 58.2 Å². The first kappa shape index (κ1) is 10.6. The standard InChI is InChI=1S/C10H14N2O2/c1-3-7(4-2)11-10(14)8-5-6-9(13)12-8/h1,7-8H,4-6H2,2H3,(H,11,14)(H,12,13)/t7?,8-/m1/s1. The van der Waals surface area contributed by atoms with E-state index in [9.17, 15) is 9.59 Å². The predicted molar refractivity (Wildman–Crippen MR) is 52.2 cm³/mol. The fraction of sp³-hybridized carbons (Fsp3) is 0.600. The lowest BCUT2D eigenvalue weighted by Gasteiger charge is -2.14. The van der Waals surface area contributed by atoms with Crippen LogP contribution in [0.5, 0.6) is 0 Å². The number of carbonyl (C=O) groups is 2. The summed E-state index contributed by atoms with van der Waals surface area (Å²) in [4.78, 5) is 22.3. The largest absolute Gasteiger partial charge is 0.344 e. The maximum absolute atomic E-state index is 11.5. The third-order valence-electron chi connectivity index (χ3n) is 2.24. The van der Waals surface area contributed by atoms with Crippen molar-refractivity contribution in [2.24, 2.45) is 0 Å². The van der Waals surface area contributed by atoms with Crippen LogP contribution in [0, 0.1) is 12.3 Å². The number of rotatable bonds is 3. The lowest BCUT2D eigenvalue weighted by atomic mass is 10.2. The number of terminal acetylenes is 1. The molecule has 1 unspecified atom stereocenters. The van der Waals surface area contributed by atoms with Crippen LogP contribution >= 0.6 is 0 Å². The van der Waals surface area contributed by atoms with Gasteiger partial charge in [0.05, 0.1) is 6.04 Å². The van der Waals surface area contributed by atoms with Gasteiger partial charge in [-0.05, 0) is 12.8 Å². The van der Waals surface area contributed by atoms with Crippen molar-refractivity contribution in [1.82, 2.24) is 10.6 Å².